The number of hydrogen-bond donors (Lipinski definition) is 0. The maximum Gasteiger partial charge on any atom is 0.351 e. The summed E-state index contributed by atoms with van der Waals surface area (Å²) in [5, 5.41) is 0.662. The van der Waals surface area contributed by atoms with E-state index in [2.05, 4.69) is 9.83 Å². The van der Waals surface area contributed by atoms with E-state index in [0.717, 1.165) is 34.6 Å². The molecule has 0 bridgehead atoms. The van der Waals surface area contributed by atoms with E-state index in [9.17, 15) is 4.79 Å². The minimum absolute atomic E-state index is 0.0867. The van der Waals surface area contributed by atoms with Crippen molar-refractivity contribution in [2.75, 3.05) is 7.11 Å². The van der Waals surface area contributed by atoms with Crippen LogP contribution < -0.4 is 19.9 Å². The summed E-state index contributed by atoms with van der Waals surface area (Å²) >= 11 is 6.08. The molecule has 8 heteroatoms. The van der Waals surface area contributed by atoms with Gasteiger partial charge in [-0.25, -0.2) is 9.64 Å². The molecule has 1 aliphatic heterocycles. The number of ether oxygens (including phenoxy) is 3. The summed E-state index contributed by atoms with van der Waals surface area (Å²) in [7, 11) is 1.63. The van der Waals surface area contributed by atoms with Gasteiger partial charge in [-0.05, 0) is 78.6 Å². The number of fused-ring (bicyclic) bond motifs is 3. The van der Waals surface area contributed by atoms with E-state index in [1.54, 1.807) is 48.1 Å². The summed E-state index contributed by atoms with van der Waals surface area (Å²) in [6.07, 6.45) is 0.722. The van der Waals surface area contributed by atoms with Crippen LogP contribution in [0.15, 0.2) is 65.5 Å². The number of rotatable bonds is 6. The largest absolute Gasteiger partial charge is 0.497 e. The molecule has 7 nitrogen and oxygen atoms in total. The average molecular weight is 500 g/mol. The molecule has 1 aliphatic rings. The van der Waals surface area contributed by atoms with E-state index in [1.165, 1.54) is 0 Å². The van der Waals surface area contributed by atoms with E-state index in [1.807, 2.05) is 31.2 Å². The Labute approximate surface area is 213 Å². The van der Waals surface area contributed by atoms with Crippen molar-refractivity contribution in [3.63, 3.8) is 0 Å². The molecule has 0 amide bonds. The van der Waals surface area contributed by atoms with Crippen LogP contribution in [0.25, 0.3) is 16.1 Å². The predicted molar refractivity (Wildman–Crippen MR) is 137 cm³/mol. The van der Waals surface area contributed by atoms with Crippen LogP contribution in [0, 0.1) is 13.5 Å². The van der Waals surface area contributed by atoms with Crippen molar-refractivity contribution >= 4 is 17.3 Å². The van der Waals surface area contributed by atoms with Gasteiger partial charge in [-0.3, -0.25) is 4.57 Å². The first kappa shape index (κ1) is 23.5. The van der Waals surface area contributed by atoms with Gasteiger partial charge in [0.25, 0.3) is 0 Å². The molecule has 4 aromatic rings. The highest BCUT2D eigenvalue weighted by atomic mass is 35.5. The van der Waals surface area contributed by atoms with Crippen LogP contribution in [-0.4, -0.2) is 16.7 Å². The molecule has 0 fully saturated rings. The zero-order valence-electron chi connectivity index (χ0n) is 19.7. The number of aromatic nitrogens is 2. The van der Waals surface area contributed by atoms with Gasteiger partial charge in [-0.1, -0.05) is 17.7 Å². The molecule has 5 rings (SSSR count). The summed E-state index contributed by atoms with van der Waals surface area (Å²) < 4.78 is 18.8. The van der Waals surface area contributed by atoms with Crippen LogP contribution in [0.5, 0.6) is 23.1 Å². The monoisotopic (exact) mass is 499 g/mol. The molecule has 0 saturated carbocycles. The zero-order chi connectivity index (χ0) is 25.2. The van der Waals surface area contributed by atoms with Crippen molar-refractivity contribution in [2.24, 2.45) is 0 Å². The van der Waals surface area contributed by atoms with Gasteiger partial charge in [-0.2, -0.15) is 4.98 Å². The van der Waals surface area contributed by atoms with Crippen molar-refractivity contribution < 1.29 is 14.2 Å². The highest BCUT2D eigenvalue weighted by Crippen LogP contribution is 2.34. The normalized spacial score (nSPS) is 11.7. The summed E-state index contributed by atoms with van der Waals surface area (Å²) in [6, 6.07) is 18.2. The number of methoxy groups -OCH3 is 1. The molecule has 0 atom stereocenters. The van der Waals surface area contributed by atoms with Crippen molar-refractivity contribution in [3.8, 4) is 34.4 Å². The lowest BCUT2D eigenvalue weighted by atomic mass is 9.97. The van der Waals surface area contributed by atoms with E-state index in [4.69, 9.17) is 32.4 Å². The van der Waals surface area contributed by atoms with Gasteiger partial charge >= 0.3 is 5.69 Å². The predicted octanol–water partition coefficient (Wildman–Crippen LogP) is 6.36. The third-order valence-electron chi connectivity index (χ3n) is 6.10. The molecule has 3 aromatic carbocycles. The molecule has 0 N–H and O–H groups in total. The van der Waals surface area contributed by atoms with Crippen molar-refractivity contribution in [2.45, 2.75) is 26.5 Å². The van der Waals surface area contributed by atoms with Gasteiger partial charge in [0.2, 0.25) is 5.88 Å². The molecule has 0 saturated heterocycles. The molecule has 2 heterocycles. The molecular weight excluding hydrogens is 478 g/mol. The fourth-order valence-electron chi connectivity index (χ4n) is 4.19. The fraction of sp³-hybridized carbons (Fsp3) is 0.179. The smallest absolute Gasteiger partial charge is 0.351 e. The Morgan fingerprint density at radius 2 is 1.83 bits per heavy atom. The molecule has 180 valence electrons. The fourth-order valence-corrected chi connectivity index (χ4v) is 4.30. The van der Waals surface area contributed by atoms with Gasteiger partial charge in [0, 0.05) is 23.2 Å². The minimum Gasteiger partial charge on any atom is -0.497 e. The first-order valence-corrected chi connectivity index (χ1v) is 11.7. The number of aryl methyl sites for hydroxylation is 2. The van der Waals surface area contributed by atoms with Gasteiger partial charge in [0.05, 0.1) is 19.4 Å². The Morgan fingerprint density at radius 3 is 2.61 bits per heavy atom. The zero-order valence-corrected chi connectivity index (χ0v) is 20.5. The second kappa shape index (κ2) is 9.76. The topological polar surface area (TPSA) is 66.9 Å². The Bertz CT molecular complexity index is 1570. The van der Waals surface area contributed by atoms with Crippen molar-refractivity contribution in [1.82, 2.24) is 9.55 Å². The quantitative estimate of drug-likeness (QED) is 0.289. The number of halogens is 1. The summed E-state index contributed by atoms with van der Waals surface area (Å²) in [4.78, 5) is 20.4. The van der Waals surface area contributed by atoms with Crippen LogP contribution in [0.1, 0.15) is 16.7 Å². The average Bonchev–Trinajstić information content (AvgIpc) is 2.89. The number of nitrogens with zero attached hydrogens (tertiary/aromatic N) is 3. The first-order chi connectivity index (χ1) is 17.4. The molecule has 1 aromatic heterocycles. The lowest BCUT2D eigenvalue weighted by Gasteiger charge is -2.22. The number of benzene rings is 3. The Kier molecular flexibility index (Phi) is 6.36. The molecular formula is C28H22ClN3O4. The van der Waals surface area contributed by atoms with Crippen LogP contribution >= 0.6 is 11.6 Å². The minimum atomic E-state index is -0.364. The van der Waals surface area contributed by atoms with Gasteiger partial charge < -0.3 is 14.2 Å². The van der Waals surface area contributed by atoms with Crippen LogP contribution in [0.3, 0.4) is 0 Å². The van der Waals surface area contributed by atoms with E-state index in [-0.39, 0.29) is 18.2 Å². The Morgan fingerprint density at radius 1 is 1.06 bits per heavy atom. The van der Waals surface area contributed by atoms with E-state index < -0.39 is 0 Å². The second-order valence-corrected chi connectivity index (χ2v) is 8.80. The van der Waals surface area contributed by atoms with Gasteiger partial charge in [-0.15, -0.1) is 0 Å². The molecule has 36 heavy (non-hydrogen) atoms. The molecule has 0 radical (unpaired) electrons. The van der Waals surface area contributed by atoms with Gasteiger partial charge in [0.1, 0.15) is 23.9 Å². The van der Waals surface area contributed by atoms with Gasteiger partial charge in [0.15, 0.2) is 5.69 Å². The lowest BCUT2D eigenvalue weighted by Crippen LogP contribution is -2.28. The van der Waals surface area contributed by atoms with E-state index >= 15 is 0 Å². The van der Waals surface area contributed by atoms with Crippen LogP contribution in [0.2, 0.25) is 5.02 Å². The van der Waals surface area contributed by atoms with Crippen molar-refractivity contribution in [1.29, 1.82) is 0 Å². The lowest BCUT2D eigenvalue weighted by molar-refractivity contribution is 0.291. The van der Waals surface area contributed by atoms with Crippen LogP contribution in [0.4, 0.5) is 5.69 Å². The first-order valence-electron chi connectivity index (χ1n) is 11.3. The van der Waals surface area contributed by atoms with Crippen LogP contribution in [-0.2, 0) is 19.6 Å². The molecule has 0 aliphatic carbocycles. The van der Waals surface area contributed by atoms with E-state index in [0.29, 0.717) is 34.3 Å². The highest BCUT2D eigenvalue weighted by molar-refractivity contribution is 6.31. The molecule has 0 unspecified atom stereocenters. The third-order valence-corrected chi connectivity index (χ3v) is 6.52. The SMILES string of the molecule is [C-]#[N+]c1cc(Oc2ccc(Cl)c(C)c2)ccc1COc1cc2n(c(=O)n1)CCc1cc(OC)ccc1-2. The summed E-state index contributed by atoms with van der Waals surface area (Å²) in [5.41, 5.74) is 4.40. The van der Waals surface area contributed by atoms with Crippen molar-refractivity contribution in [3.05, 3.63) is 104 Å². The molecule has 0 spiro atoms. The maximum absolute atomic E-state index is 12.7. The second-order valence-electron chi connectivity index (χ2n) is 8.39. The summed E-state index contributed by atoms with van der Waals surface area (Å²) in [6.45, 7) is 10.1. The standard InChI is InChI=1S/C28H22ClN3O4/c1-17-12-21(7-9-24(17)29)36-22-5-4-19(25(14-22)30-2)16-35-27-15-26-23-8-6-20(34-3)13-18(23)10-11-32(26)28(33)31-27/h4-9,12-15H,10-11,16H2,1,3H3. The maximum atomic E-state index is 12.7. The highest BCUT2D eigenvalue weighted by Gasteiger charge is 2.20. The Balaban J connectivity index is 1.37. The number of hydrogen-bond acceptors (Lipinski definition) is 5. The summed E-state index contributed by atoms with van der Waals surface area (Å²) in [5.74, 6) is 2.15. The third kappa shape index (κ3) is 4.64. The Hall–Kier alpha value is -4.28.